The molecule has 0 spiro atoms. The van der Waals surface area contributed by atoms with Crippen molar-refractivity contribution in [3.05, 3.63) is 71.5 Å². The summed E-state index contributed by atoms with van der Waals surface area (Å²) in [7, 11) is 1.54. The second-order valence-corrected chi connectivity index (χ2v) is 6.19. The maximum atomic E-state index is 12.6. The summed E-state index contributed by atoms with van der Waals surface area (Å²) in [5.41, 5.74) is 2.99. The van der Waals surface area contributed by atoms with E-state index in [1.54, 1.807) is 37.4 Å². The Kier molecular flexibility index (Phi) is 5.64. The summed E-state index contributed by atoms with van der Waals surface area (Å²) < 4.78 is 5.28. The van der Waals surface area contributed by atoms with E-state index in [0.29, 0.717) is 22.7 Å². The number of nitrogens with one attached hydrogen (secondary N) is 2. The van der Waals surface area contributed by atoms with Gasteiger partial charge in [-0.2, -0.15) is 0 Å². The highest BCUT2D eigenvalue weighted by molar-refractivity contribution is 6.04. The van der Waals surface area contributed by atoms with E-state index in [1.807, 2.05) is 19.1 Å². The number of ketones is 1. The first kappa shape index (κ1) is 19.0. The minimum atomic E-state index is -0.383. The van der Waals surface area contributed by atoms with E-state index in [4.69, 9.17) is 4.74 Å². The number of benzene rings is 2. The topological polar surface area (TPSA) is 93.2 Å². The minimum Gasteiger partial charge on any atom is -0.495 e. The number of ether oxygens (including phenoxy) is 1. The van der Waals surface area contributed by atoms with Gasteiger partial charge in [0.15, 0.2) is 5.78 Å². The van der Waals surface area contributed by atoms with Crippen LogP contribution in [0.2, 0.25) is 0 Å². The Balaban J connectivity index is 1.79. The molecule has 2 aromatic carbocycles. The fourth-order valence-electron chi connectivity index (χ4n) is 2.60. The summed E-state index contributed by atoms with van der Waals surface area (Å²) in [5.74, 6) is 0.397. The molecule has 0 unspecified atom stereocenters. The van der Waals surface area contributed by atoms with E-state index in [9.17, 15) is 9.59 Å². The molecule has 0 radical (unpaired) electrons. The largest absolute Gasteiger partial charge is 0.495 e. The van der Waals surface area contributed by atoms with E-state index in [1.165, 1.54) is 19.2 Å². The van der Waals surface area contributed by atoms with Gasteiger partial charge in [0, 0.05) is 17.4 Å². The Hall–Kier alpha value is -3.74. The molecule has 1 heterocycles. The number of carbonyl (C=O) groups excluding carboxylic acids is 2. The standard InChI is InChI=1S/C21H20N4O3/c1-13-7-8-19(28-3)18(11-13)24-20(27)17-9-10-22-21(25-17)23-16-6-4-5-15(12-16)14(2)26/h4-12H,1-3H3,(H,24,27)(H,22,23,25). The molecule has 0 saturated carbocycles. The number of methoxy groups -OCH3 is 1. The molecule has 1 aromatic heterocycles. The first-order valence-electron chi connectivity index (χ1n) is 8.63. The molecule has 0 aliphatic rings. The maximum absolute atomic E-state index is 12.6. The summed E-state index contributed by atoms with van der Waals surface area (Å²) >= 11 is 0. The highest BCUT2D eigenvalue weighted by Crippen LogP contribution is 2.25. The number of anilines is 3. The van der Waals surface area contributed by atoms with Crippen molar-refractivity contribution in [1.82, 2.24) is 9.97 Å². The number of nitrogens with zero attached hydrogens (tertiary/aromatic N) is 2. The van der Waals surface area contributed by atoms with Crippen molar-refractivity contribution in [3.8, 4) is 5.75 Å². The van der Waals surface area contributed by atoms with Gasteiger partial charge in [-0.3, -0.25) is 9.59 Å². The summed E-state index contributed by atoms with van der Waals surface area (Å²) in [6.07, 6.45) is 1.49. The van der Waals surface area contributed by atoms with Gasteiger partial charge < -0.3 is 15.4 Å². The Morgan fingerprint density at radius 1 is 1.07 bits per heavy atom. The molecule has 0 atom stereocenters. The molecule has 28 heavy (non-hydrogen) atoms. The van der Waals surface area contributed by atoms with Crippen LogP contribution in [-0.4, -0.2) is 28.8 Å². The summed E-state index contributed by atoms with van der Waals surface area (Å²) in [5, 5.41) is 5.82. The fourth-order valence-corrected chi connectivity index (χ4v) is 2.60. The average molecular weight is 376 g/mol. The van der Waals surface area contributed by atoms with Gasteiger partial charge in [-0.15, -0.1) is 0 Å². The lowest BCUT2D eigenvalue weighted by molar-refractivity contribution is 0.101. The molecule has 142 valence electrons. The van der Waals surface area contributed by atoms with Crippen LogP contribution in [0.5, 0.6) is 5.75 Å². The van der Waals surface area contributed by atoms with Gasteiger partial charge in [-0.1, -0.05) is 18.2 Å². The quantitative estimate of drug-likeness (QED) is 0.632. The fraction of sp³-hybridized carbons (Fsp3) is 0.143. The molecule has 0 aliphatic heterocycles. The lowest BCUT2D eigenvalue weighted by atomic mass is 10.1. The molecule has 0 aliphatic carbocycles. The van der Waals surface area contributed by atoms with Crippen LogP contribution in [0.4, 0.5) is 17.3 Å². The van der Waals surface area contributed by atoms with E-state index in [2.05, 4.69) is 20.6 Å². The summed E-state index contributed by atoms with van der Waals surface area (Å²) in [6.45, 7) is 3.43. The highest BCUT2D eigenvalue weighted by atomic mass is 16.5. The van der Waals surface area contributed by atoms with Crippen molar-refractivity contribution in [2.75, 3.05) is 17.7 Å². The predicted octanol–water partition coefficient (Wildman–Crippen LogP) is 3.99. The van der Waals surface area contributed by atoms with Crippen molar-refractivity contribution in [2.45, 2.75) is 13.8 Å². The Labute approximate surface area is 162 Å². The molecule has 0 saturated heterocycles. The second kappa shape index (κ2) is 8.30. The normalized spacial score (nSPS) is 10.2. The zero-order chi connectivity index (χ0) is 20.1. The predicted molar refractivity (Wildman–Crippen MR) is 107 cm³/mol. The number of hydrogen-bond acceptors (Lipinski definition) is 6. The van der Waals surface area contributed by atoms with Crippen LogP contribution >= 0.6 is 0 Å². The molecular formula is C21H20N4O3. The van der Waals surface area contributed by atoms with Gasteiger partial charge in [-0.25, -0.2) is 9.97 Å². The zero-order valence-corrected chi connectivity index (χ0v) is 15.8. The summed E-state index contributed by atoms with van der Waals surface area (Å²) in [6, 6.07) is 14.0. The minimum absolute atomic E-state index is 0.0372. The van der Waals surface area contributed by atoms with Gasteiger partial charge in [-0.05, 0) is 49.7 Å². The Morgan fingerprint density at radius 3 is 2.64 bits per heavy atom. The van der Waals surface area contributed by atoms with Crippen molar-refractivity contribution in [1.29, 1.82) is 0 Å². The van der Waals surface area contributed by atoms with Crippen molar-refractivity contribution in [3.63, 3.8) is 0 Å². The maximum Gasteiger partial charge on any atom is 0.274 e. The lowest BCUT2D eigenvalue weighted by Gasteiger charge is -2.11. The first-order chi connectivity index (χ1) is 13.5. The second-order valence-electron chi connectivity index (χ2n) is 6.19. The van der Waals surface area contributed by atoms with E-state index in [0.717, 1.165) is 5.56 Å². The molecule has 3 aromatic rings. The van der Waals surface area contributed by atoms with Crippen molar-refractivity contribution < 1.29 is 14.3 Å². The van der Waals surface area contributed by atoms with Crippen LogP contribution in [0.1, 0.15) is 33.3 Å². The van der Waals surface area contributed by atoms with Crippen LogP contribution in [0.3, 0.4) is 0 Å². The smallest absolute Gasteiger partial charge is 0.274 e. The van der Waals surface area contributed by atoms with E-state index >= 15 is 0 Å². The van der Waals surface area contributed by atoms with Crippen LogP contribution in [0, 0.1) is 6.92 Å². The monoisotopic (exact) mass is 376 g/mol. The highest BCUT2D eigenvalue weighted by Gasteiger charge is 2.13. The number of carbonyl (C=O) groups is 2. The molecule has 2 N–H and O–H groups in total. The van der Waals surface area contributed by atoms with Gasteiger partial charge >= 0.3 is 0 Å². The molecule has 1 amide bonds. The third kappa shape index (κ3) is 4.50. The van der Waals surface area contributed by atoms with Crippen LogP contribution < -0.4 is 15.4 Å². The van der Waals surface area contributed by atoms with Crippen LogP contribution in [0.15, 0.2) is 54.7 Å². The zero-order valence-electron chi connectivity index (χ0n) is 15.8. The van der Waals surface area contributed by atoms with Gasteiger partial charge in [0.05, 0.1) is 12.8 Å². The van der Waals surface area contributed by atoms with E-state index in [-0.39, 0.29) is 23.3 Å². The van der Waals surface area contributed by atoms with Crippen LogP contribution in [-0.2, 0) is 0 Å². The SMILES string of the molecule is COc1ccc(C)cc1NC(=O)c1ccnc(Nc2cccc(C(C)=O)c2)n1. The number of rotatable bonds is 6. The molecule has 3 rings (SSSR count). The number of aryl methyl sites for hydroxylation is 1. The number of amides is 1. The summed E-state index contributed by atoms with van der Waals surface area (Å²) in [4.78, 5) is 32.5. The lowest BCUT2D eigenvalue weighted by Crippen LogP contribution is -2.15. The molecule has 7 heteroatoms. The van der Waals surface area contributed by atoms with E-state index < -0.39 is 0 Å². The number of aromatic nitrogens is 2. The molecule has 0 bridgehead atoms. The third-order valence-corrected chi connectivity index (χ3v) is 4.02. The van der Waals surface area contributed by atoms with Gasteiger partial charge in [0.1, 0.15) is 11.4 Å². The van der Waals surface area contributed by atoms with Gasteiger partial charge in [0.25, 0.3) is 5.91 Å². The average Bonchev–Trinajstić information content (AvgIpc) is 2.68. The number of hydrogen-bond donors (Lipinski definition) is 2. The Bertz CT molecular complexity index is 1030. The first-order valence-corrected chi connectivity index (χ1v) is 8.63. The number of Topliss-reactive ketones (excluding diaryl/α,β-unsaturated/α-hetero) is 1. The van der Waals surface area contributed by atoms with Crippen LogP contribution in [0.25, 0.3) is 0 Å². The molecular weight excluding hydrogens is 356 g/mol. The molecule has 0 fully saturated rings. The van der Waals surface area contributed by atoms with Crippen molar-refractivity contribution >= 4 is 29.0 Å². The van der Waals surface area contributed by atoms with Gasteiger partial charge in [0.2, 0.25) is 5.95 Å². The Morgan fingerprint density at radius 2 is 1.89 bits per heavy atom. The third-order valence-electron chi connectivity index (χ3n) is 4.02. The molecule has 7 nitrogen and oxygen atoms in total. The van der Waals surface area contributed by atoms with Crippen molar-refractivity contribution in [2.24, 2.45) is 0 Å².